The Balaban J connectivity index is 1.98. The van der Waals surface area contributed by atoms with Crippen molar-refractivity contribution in [3.63, 3.8) is 0 Å². The van der Waals surface area contributed by atoms with Gasteiger partial charge in [0.1, 0.15) is 0 Å². The number of hydrogen-bond donors (Lipinski definition) is 1. The van der Waals surface area contributed by atoms with E-state index in [1.54, 1.807) is 0 Å². The monoisotopic (exact) mass is 235 g/mol. The molecule has 0 radical (unpaired) electrons. The predicted molar refractivity (Wildman–Crippen MR) is 67.9 cm³/mol. The molecule has 0 saturated heterocycles. The number of rotatable bonds is 4. The van der Waals surface area contributed by atoms with Crippen molar-refractivity contribution >= 4 is 17.5 Å². The zero-order valence-electron chi connectivity index (χ0n) is 9.32. The molecule has 0 heterocycles. The summed E-state index contributed by atoms with van der Waals surface area (Å²) in [5.74, 6) is 0.0115. The molecule has 0 aliphatic heterocycles. The van der Waals surface area contributed by atoms with E-state index in [1.165, 1.54) is 30.6 Å². The Hall–Kier alpha value is -0.800. The zero-order valence-corrected chi connectivity index (χ0v) is 10.1. The Labute approximate surface area is 101 Å². The maximum absolute atomic E-state index is 11.3. The molecule has 3 heteroatoms. The van der Waals surface area contributed by atoms with Gasteiger partial charge in [-0.15, -0.1) is 11.8 Å². The number of carbonyl (C=O) groups excluding carboxylic acids is 1. The molecule has 86 valence electrons. The van der Waals surface area contributed by atoms with Crippen LogP contribution in [0.2, 0.25) is 0 Å². The van der Waals surface area contributed by atoms with Crippen LogP contribution >= 0.6 is 11.8 Å². The van der Waals surface area contributed by atoms with Crippen molar-refractivity contribution in [2.45, 2.75) is 35.8 Å². The van der Waals surface area contributed by atoms with Crippen LogP contribution in [-0.2, 0) is 0 Å². The minimum Gasteiger partial charge on any atom is -0.324 e. The predicted octanol–water partition coefficient (Wildman–Crippen LogP) is 2.86. The lowest BCUT2D eigenvalue weighted by molar-refractivity contribution is 0.100. The highest BCUT2D eigenvalue weighted by Gasteiger charge is 2.16. The lowest BCUT2D eigenvalue weighted by Gasteiger charge is -2.08. The number of Topliss-reactive ketones (excluding diaryl/α,β-unsaturated/α-hetero) is 1. The van der Waals surface area contributed by atoms with Crippen LogP contribution in [0.4, 0.5) is 0 Å². The quantitative estimate of drug-likeness (QED) is 0.816. The fourth-order valence-corrected chi connectivity index (χ4v) is 3.28. The highest BCUT2D eigenvalue weighted by atomic mass is 32.2. The van der Waals surface area contributed by atoms with Gasteiger partial charge in [0.05, 0.1) is 6.54 Å². The lowest BCUT2D eigenvalue weighted by atomic mass is 10.1. The first-order valence-corrected chi connectivity index (χ1v) is 6.67. The molecular weight excluding hydrogens is 218 g/mol. The second-order valence-electron chi connectivity index (χ2n) is 4.18. The largest absolute Gasteiger partial charge is 0.324 e. The van der Waals surface area contributed by atoms with Crippen molar-refractivity contribution in [2.24, 2.45) is 5.73 Å². The van der Waals surface area contributed by atoms with E-state index in [-0.39, 0.29) is 12.3 Å². The first-order valence-electron chi connectivity index (χ1n) is 5.79. The van der Waals surface area contributed by atoms with Crippen molar-refractivity contribution in [1.29, 1.82) is 0 Å². The number of carbonyl (C=O) groups is 1. The first kappa shape index (κ1) is 11.7. The summed E-state index contributed by atoms with van der Waals surface area (Å²) in [6, 6.07) is 7.83. The molecule has 0 atom stereocenters. The maximum atomic E-state index is 11.3. The van der Waals surface area contributed by atoms with Crippen molar-refractivity contribution in [3.8, 4) is 0 Å². The van der Waals surface area contributed by atoms with Crippen LogP contribution in [0.3, 0.4) is 0 Å². The third-order valence-corrected chi connectivity index (χ3v) is 4.32. The van der Waals surface area contributed by atoms with Gasteiger partial charge >= 0.3 is 0 Å². The summed E-state index contributed by atoms with van der Waals surface area (Å²) in [5.41, 5.74) is 6.04. The third-order valence-electron chi connectivity index (χ3n) is 2.97. The second kappa shape index (κ2) is 5.51. The normalized spacial score (nSPS) is 16.6. The summed E-state index contributed by atoms with van der Waals surface area (Å²) in [7, 11) is 0. The van der Waals surface area contributed by atoms with Gasteiger partial charge < -0.3 is 5.73 Å². The topological polar surface area (TPSA) is 43.1 Å². The SMILES string of the molecule is NCC(=O)c1ccc(SC2CCCC2)cc1. The number of benzene rings is 1. The van der Waals surface area contributed by atoms with E-state index >= 15 is 0 Å². The highest BCUT2D eigenvalue weighted by Crippen LogP contribution is 2.34. The molecule has 1 saturated carbocycles. The van der Waals surface area contributed by atoms with Crippen LogP contribution in [-0.4, -0.2) is 17.6 Å². The maximum Gasteiger partial charge on any atom is 0.176 e. The average Bonchev–Trinajstić information content (AvgIpc) is 2.82. The van der Waals surface area contributed by atoms with E-state index < -0.39 is 0 Å². The van der Waals surface area contributed by atoms with Gasteiger partial charge in [0.2, 0.25) is 0 Å². The zero-order chi connectivity index (χ0) is 11.4. The Morgan fingerprint density at radius 3 is 2.44 bits per heavy atom. The smallest absolute Gasteiger partial charge is 0.176 e. The van der Waals surface area contributed by atoms with E-state index in [1.807, 2.05) is 36.0 Å². The van der Waals surface area contributed by atoms with Gasteiger partial charge in [-0.2, -0.15) is 0 Å². The molecule has 1 aromatic carbocycles. The molecule has 2 N–H and O–H groups in total. The Bertz CT molecular complexity index is 355. The summed E-state index contributed by atoms with van der Waals surface area (Å²) in [5, 5.41) is 0.774. The molecule has 1 aliphatic carbocycles. The van der Waals surface area contributed by atoms with Gasteiger partial charge in [-0.3, -0.25) is 4.79 Å². The van der Waals surface area contributed by atoms with Crippen LogP contribution in [0, 0.1) is 0 Å². The van der Waals surface area contributed by atoms with Crippen molar-refractivity contribution < 1.29 is 4.79 Å². The van der Waals surface area contributed by atoms with Gasteiger partial charge in [-0.05, 0) is 25.0 Å². The van der Waals surface area contributed by atoms with E-state index in [0.717, 1.165) is 10.8 Å². The number of hydrogen-bond acceptors (Lipinski definition) is 3. The summed E-state index contributed by atoms with van der Waals surface area (Å²) in [4.78, 5) is 12.6. The third kappa shape index (κ3) is 2.86. The molecule has 0 spiro atoms. The standard InChI is InChI=1S/C13H17NOS/c14-9-13(15)10-5-7-12(8-6-10)16-11-3-1-2-4-11/h5-8,11H,1-4,9,14H2. The molecule has 16 heavy (non-hydrogen) atoms. The number of nitrogens with two attached hydrogens (primary N) is 1. The van der Waals surface area contributed by atoms with E-state index in [2.05, 4.69) is 0 Å². The highest BCUT2D eigenvalue weighted by molar-refractivity contribution is 8.00. The van der Waals surface area contributed by atoms with Crippen molar-refractivity contribution in [1.82, 2.24) is 0 Å². The summed E-state index contributed by atoms with van der Waals surface area (Å²) >= 11 is 1.94. The molecule has 1 fully saturated rings. The van der Waals surface area contributed by atoms with Gasteiger partial charge in [0.15, 0.2) is 5.78 Å². The van der Waals surface area contributed by atoms with Crippen molar-refractivity contribution in [2.75, 3.05) is 6.54 Å². The Kier molecular flexibility index (Phi) is 4.02. The minimum absolute atomic E-state index is 0.0115. The average molecular weight is 235 g/mol. The Morgan fingerprint density at radius 1 is 1.25 bits per heavy atom. The summed E-state index contributed by atoms with van der Waals surface area (Å²) in [6.07, 6.45) is 5.38. The first-order chi connectivity index (χ1) is 7.79. The van der Waals surface area contributed by atoms with Crippen LogP contribution in [0.5, 0.6) is 0 Å². The number of ketones is 1. The molecule has 0 unspecified atom stereocenters. The van der Waals surface area contributed by atoms with E-state index in [9.17, 15) is 4.79 Å². The lowest BCUT2D eigenvalue weighted by Crippen LogP contribution is -2.13. The molecule has 2 rings (SSSR count). The molecule has 2 nitrogen and oxygen atoms in total. The molecule has 0 aromatic heterocycles. The molecule has 0 amide bonds. The number of thioether (sulfide) groups is 1. The van der Waals surface area contributed by atoms with E-state index in [4.69, 9.17) is 5.73 Å². The van der Waals surface area contributed by atoms with Gasteiger partial charge in [-0.25, -0.2) is 0 Å². The fourth-order valence-electron chi connectivity index (χ4n) is 2.04. The fraction of sp³-hybridized carbons (Fsp3) is 0.462. The van der Waals surface area contributed by atoms with E-state index in [0.29, 0.717) is 0 Å². The molecular formula is C13H17NOS. The van der Waals surface area contributed by atoms with Crippen LogP contribution in [0.25, 0.3) is 0 Å². The van der Waals surface area contributed by atoms with Gasteiger partial charge in [-0.1, -0.05) is 25.0 Å². The summed E-state index contributed by atoms with van der Waals surface area (Å²) < 4.78 is 0. The second-order valence-corrected chi connectivity index (χ2v) is 5.55. The summed E-state index contributed by atoms with van der Waals surface area (Å²) in [6.45, 7) is 0.0924. The van der Waals surface area contributed by atoms with Crippen LogP contribution in [0.1, 0.15) is 36.0 Å². The molecule has 1 aliphatic rings. The molecule has 1 aromatic rings. The van der Waals surface area contributed by atoms with Crippen molar-refractivity contribution in [3.05, 3.63) is 29.8 Å². The van der Waals surface area contributed by atoms with Crippen LogP contribution < -0.4 is 5.73 Å². The molecule has 0 bridgehead atoms. The van der Waals surface area contributed by atoms with Crippen LogP contribution in [0.15, 0.2) is 29.2 Å². The van der Waals surface area contributed by atoms with Gasteiger partial charge in [0.25, 0.3) is 0 Å². The van der Waals surface area contributed by atoms with Gasteiger partial charge in [0, 0.05) is 15.7 Å². The Morgan fingerprint density at radius 2 is 1.88 bits per heavy atom. The minimum atomic E-state index is 0.0115.